The van der Waals surface area contributed by atoms with Crippen LogP contribution in [-0.2, 0) is 4.79 Å². The number of carbonyl (C=O) groups excluding carboxylic acids is 1. The quantitative estimate of drug-likeness (QED) is 0.818. The summed E-state index contributed by atoms with van der Waals surface area (Å²) in [6.45, 7) is 3.41. The normalized spacial score (nSPS) is 10.9. The molecule has 0 saturated heterocycles. The molecule has 1 aromatic carbocycles. The zero-order valence-electron chi connectivity index (χ0n) is 11.2. The highest BCUT2D eigenvalue weighted by Crippen LogP contribution is 2.20. The molecule has 0 fully saturated rings. The maximum atomic E-state index is 12.0. The Morgan fingerprint density at radius 2 is 1.78 bits per heavy atom. The Hall–Kier alpha value is -1.62. The number of amides is 1. The molecule has 0 radical (unpaired) electrons. The SMILES string of the molecule is CN(C)c1ccc(NC(=O)C(C)(C)C(N)=S)cc1. The second kappa shape index (κ2) is 5.35. The van der Waals surface area contributed by atoms with Crippen LogP contribution in [0.25, 0.3) is 0 Å². The molecule has 0 heterocycles. The first-order valence-corrected chi connectivity index (χ1v) is 6.04. The van der Waals surface area contributed by atoms with Gasteiger partial charge in [0, 0.05) is 25.5 Å². The minimum Gasteiger partial charge on any atom is -0.392 e. The molecule has 0 aliphatic rings. The molecule has 1 amide bonds. The molecule has 0 spiro atoms. The molecule has 0 saturated carbocycles. The van der Waals surface area contributed by atoms with Gasteiger partial charge in [0.05, 0.1) is 10.4 Å². The van der Waals surface area contributed by atoms with Gasteiger partial charge >= 0.3 is 0 Å². The van der Waals surface area contributed by atoms with E-state index in [1.807, 2.05) is 43.3 Å². The largest absolute Gasteiger partial charge is 0.392 e. The minimum atomic E-state index is -0.852. The highest BCUT2D eigenvalue weighted by Gasteiger charge is 2.30. The van der Waals surface area contributed by atoms with Gasteiger partial charge in [0.2, 0.25) is 5.91 Å². The summed E-state index contributed by atoms with van der Waals surface area (Å²) in [6, 6.07) is 7.57. The molecule has 3 N–H and O–H groups in total. The molecule has 98 valence electrons. The molecule has 0 unspecified atom stereocenters. The lowest BCUT2D eigenvalue weighted by Gasteiger charge is -2.22. The second-order valence-corrected chi connectivity index (χ2v) is 5.32. The van der Waals surface area contributed by atoms with Gasteiger partial charge in [-0.05, 0) is 38.1 Å². The lowest BCUT2D eigenvalue weighted by Crippen LogP contribution is -2.41. The number of nitrogens with one attached hydrogen (secondary N) is 1. The zero-order chi connectivity index (χ0) is 13.9. The highest BCUT2D eigenvalue weighted by molar-refractivity contribution is 7.80. The first-order chi connectivity index (χ1) is 8.25. The van der Waals surface area contributed by atoms with Crippen molar-refractivity contribution in [3.63, 3.8) is 0 Å². The van der Waals surface area contributed by atoms with E-state index in [0.717, 1.165) is 11.4 Å². The van der Waals surface area contributed by atoms with Crippen molar-refractivity contribution in [3.05, 3.63) is 24.3 Å². The number of carbonyl (C=O) groups is 1. The average molecular weight is 265 g/mol. The summed E-state index contributed by atoms with van der Waals surface area (Å²) in [5, 5.41) is 2.80. The maximum absolute atomic E-state index is 12.0. The Morgan fingerprint density at radius 3 is 2.17 bits per heavy atom. The number of anilines is 2. The van der Waals surface area contributed by atoms with E-state index in [-0.39, 0.29) is 10.9 Å². The zero-order valence-corrected chi connectivity index (χ0v) is 12.0. The first-order valence-electron chi connectivity index (χ1n) is 5.64. The Kier molecular flexibility index (Phi) is 4.29. The summed E-state index contributed by atoms with van der Waals surface area (Å²) in [6.07, 6.45) is 0. The molecular formula is C13H19N3OS. The number of nitrogens with two attached hydrogens (primary N) is 1. The summed E-state index contributed by atoms with van der Waals surface area (Å²) in [7, 11) is 3.92. The molecule has 0 aromatic heterocycles. The molecule has 0 atom stereocenters. The van der Waals surface area contributed by atoms with Crippen LogP contribution in [0.4, 0.5) is 11.4 Å². The van der Waals surface area contributed by atoms with Crippen molar-refractivity contribution in [3.8, 4) is 0 Å². The molecule has 0 aliphatic carbocycles. The van der Waals surface area contributed by atoms with Crippen molar-refractivity contribution in [1.29, 1.82) is 0 Å². The van der Waals surface area contributed by atoms with Gasteiger partial charge in [-0.3, -0.25) is 4.79 Å². The van der Waals surface area contributed by atoms with Crippen molar-refractivity contribution < 1.29 is 4.79 Å². The van der Waals surface area contributed by atoms with E-state index in [9.17, 15) is 4.79 Å². The van der Waals surface area contributed by atoms with Crippen LogP contribution in [0.1, 0.15) is 13.8 Å². The monoisotopic (exact) mass is 265 g/mol. The van der Waals surface area contributed by atoms with Gasteiger partial charge in [0.15, 0.2) is 0 Å². The minimum absolute atomic E-state index is 0.185. The van der Waals surface area contributed by atoms with Crippen LogP contribution in [-0.4, -0.2) is 25.0 Å². The van der Waals surface area contributed by atoms with Crippen LogP contribution in [0.15, 0.2) is 24.3 Å². The summed E-state index contributed by atoms with van der Waals surface area (Å²) in [5.74, 6) is -0.201. The molecule has 4 nitrogen and oxygen atoms in total. The van der Waals surface area contributed by atoms with Crippen molar-refractivity contribution >= 4 is 34.5 Å². The number of rotatable bonds is 4. The van der Waals surface area contributed by atoms with E-state index >= 15 is 0 Å². The van der Waals surface area contributed by atoms with E-state index in [2.05, 4.69) is 5.32 Å². The van der Waals surface area contributed by atoms with Gasteiger partial charge in [-0.2, -0.15) is 0 Å². The number of hydrogen-bond donors (Lipinski definition) is 2. The van der Waals surface area contributed by atoms with E-state index in [4.69, 9.17) is 18.0 Å². The lowest BCUT2D eigenvalue weighted by atomic mass is 9.92. The first kappa shape index (κ1) is 14.4. The fourth-order valence-electron chi connectivity index (χ4n) is 1.24. The Labute approximate surface area is 113 Å². The van der Waals surface area contributed by atoms with Crippen LogP contribution in [0.2, 0.25) is 0 Å². The average Bonchev–Trinajstić information content (AvgIpc) is 2.29. The summed E-state index contributed by atoms with van der Waals surface area (Å²) >= 11 is 4.89. The fraction of sp³-hybridized carbons (Fsp3) is 0.385. The molecule has 0 bridgehead atoms. The third kappa shape index (κ3) is 3.20. The van der Waals surface area contributed by atoms with Gasteiger partial charge in [0.25, 0.3) is 0 Å². The van der Waals surface area contributed by atoms with E-state index in [1.165, 1.54) is 0 Å². The molecular weight excluding hydrogens is 246 g/mol. The number of thiocarbonyl (C=S) groups is 1. The maximum Gasteiger partial charge on any atom is 0.236 e. The summed E-state index contributed by atoms with van der Waals surface area (Å²) in [5.41, 5.74) is 6.50. The van der Waals surface area contributed by atoms with Gasteiger partial charge in [-0.15, -0.1) is 0 Å². The van der Waals surface area contributed by atoms with E-state index in [0.29, 0.717) is 0 Å². The van der Waals surface area contributed by atoms with Crippen LogP contribution in [0.5, 0.6) is 0 Å². The topological polar surface area (TPSA) is 58.4 Å². The third-order valence-electron chi connectivity index (χ3n) is 2.83. The number of benzene rings is 1. The molecule has 5 heteroatoms. The standard InChI is InChI=1S/C13H19N3OS/c1-13(2,11(14)18)12(17)15-9-5-7-10(8-6-9)16(3)4/h5-8H,1-4H3,(H2,14,18)(H,15,17). The molecule has 1 aromatic rings. The Bertz CT molecular complexity index is 452. The van der Waals surface area contributed by atoms with Crippen LogP contribution in [0.3, 0.4) is 0 Å². The number of hydrogen-bond acceptors (Lipinski definition) is 3. The fourth-order valence-corrected chi connectivity index (χ4v) is 1.33. The van der Waals surface area contributed by atoms with Crippen molar-refractivity contribution in [2.45, 2.75) is 13.8 Å². The number of nitrogens with zero attached hydrogens (tertiary/aromatic N) is 1. The summed E-state index contributed by atoms with van der Waals surface area (Å²) in [4.78, 5) is 14.2. The highest BCUT2D eigenvalue weighted by atomic mass is 32.1. The second-order valence-electron chi connectivity index (χ2n) is 4.88. The van der Waals surface area contributed by atoms with E-state index < -0.39 is 5.41 Å². The molecule has 18 heavy (non-hydrogen) atoms. The lowest BCUT2D eigenvalue weighted by molar-refractivity contribution is -0.121. The Balaban J connectivity index is 2.80. The summed E-state index contributed by atoms with van der Waals surface area (Å²) < 4.78 is 0. The predicted octanol–water partition coefficient (Wildman–Crippen LogP) is 2.00. The Morgan fingerprint density at radius 1 is 1.28 bits per heavy atom. The molecule has 0 aliphatic heterocycles. The van der Waals surface area contributed by atoms with Crippen molar-refractivity contribution in [1.82, 2.24) is 0 Å². The van der Waals surface area contributed by atoms with Gasteiger partial charge in [0.1, 0.15) is 0 Å². The van der Waals surface area contributed by atoms with Crippen LogP contribution < -0.4 is 16.0 Å². The van der Waals surface area contributed by atoms with Gasteiger partial charge in [-0.1, -0.05) is 12.2 Å². The van der Waals surface area contributed by atoms with Crippen molar-refractivity contribution in [2.24, 2.45) is 11.1 Å². The van der Waals surface area contributed by atoms with E-state index in [1.54, 1.807) is 13.8 Å². The van der Waals surface area contributed by atoms with Crippen LogP contribution in [0, 0.1) is 5.41 Å². The smallest absolute Gasteiger partial charge is 0.236 e. The predicted molar refractivity (Wildman–Crippen MR) is 80.0 cm³/mol. The molecule has 1 rings (SSSR count). The van der Waals surface area contributed by atoms with Gasteiger partial charge in [-0.25, -0.2) is 0 Å². The van der Waals surface area contributed by atoms with Crippen LogP contribution >= 0.6 is 12.2 Å². The third-order valence-corrected chi connectivity index (χ3v) is 3.34. The van der Waals surface area contributed by atoms with Crippen molar-refractivity contribution in [2.75, 3.05) is 24.3 Å². The van der Waals surface area contributed by atoms with Gasteiger partial charge < -0.3 is 16.0 Å².